The van der Waals surface area contributed by atoms with E-state index >= 15 is 0 Å². The number of aromatic nitrogens is 5. The molecule has 0 saturated carbocycles. The lowest BCUT2D eigenvalue weighted by Crippen LogP contribution is -2.38. The Balaban J connectivity index is 1.54. The minimum atomic E-state index is -0.427. The molecule has 6 rings (SSSR count). The Kier molecular flexibility index (Phi) is 5.81. The van der Waals surface area contributed by atoms with Gasteiger partial charge in [-0.1, -0.05) is 61.5 Å². The van der Waals surface area contributed by atoms with Crippen LogP contribution in [0.4, 0.5) is 5.69 Å². The highest BCUT2D eigenvalue weighted by molar-refractivity contribution is 5.80. The number of tetrazole rings is 1. The standard InChI is InChI=1S/C29H28N6O/c1-2-20-14-15-25-23(17-20)18-24(29(36)30-25)27(34-16-8-12-22-11-6-7-13-26(22)34)28-31-32-33-35(28)19-21-9-4-3-5-10-21/h3-7,9-11,13-15,17-18,27H,2,8,12,16,19H2,1H3,(H,30,36). The molecular weight excluding hydrogens is 448 g/mol. The van der Waals surface area contributed by atoms with E-state index < -0.39 is 6.04 Å². The lowest BCUT2D eigenvalue weighted by atomic mass is 9.96. The summed E-state index contributed by atoms with van der Waals surface area (Å²) in [6.45, 7) is 3.48. The minimum absolute atomic E-state index is 0.117. The van der Waals surface area contributed by atoms with E-state index in [2.05, 4.69) is 80.9 Å². The number of rotatable bonds is 6. The third-order valence-electron chi connectivity index (χ3n) is 7.08. The van der Waals surface area contributed by atoms with Gasteiger partial charge in [-0.15, -0.1) is 5.10 Å². The normalized spacial score (nSPS) is 14.1. The average molecular weight is 477 g/mol. The zero-order chi connectivity index (χ0) is 24.5. The van der Waals surface area contributed by atoms with Crippen LogP contribution in [-0.2, 0) is 19.4 Å². The highest BCUT2D eigenvalue weighted by Gasteiger charge is 2.33. The number of hydrogen-bond donors (Lipinski definition) is 1. The monoisotopic (exact) mass is 476 g/mol. The second kappa shape index (κ2) is 9.41. The molecule has 0 fully saturated rings. The second-order valence-corrected chi connectivity index (χ2v) is 9.34. The Morgan fingerprint density at radius 2 is 1.81 bits per heavy atom. The summed E-state index contributed by atoms with van der Waals surface area (Å²) in [6.07, 6.45) is 2.95. The number of nitrogens with zero attached hydrogens (tertiary/aromatic N) is 5. The number of fused-ring (bicyclic) bond motifs is 2. The maximum absolute atomic E-state index is 13.6. The van der Waals surface area contributed by atoms with Crippen LogP contribution in [0.5, 0.6) is 0 Å². The lowest BCUT2D eigenvalue weighted by Gasteiger charge is -2.37. The Bertz CT molecular complexity index is 1570. The molecule has 0 aliphatic carbocycles. The van der Waals surface area contributed by atoms with Crippen LogP contribution in [0, 0.1) is 0 Å². The number of nitrogens with one attached hydrogen (secondary N) is 1. The number of aryl methyl sites for hydroxylation is 2. The average Bonchev–Trinajstić information content (AvgIpc) is 3.37. The first-order chi connectivity index (χ1) is 17.7. The van der Waals surface area contributed by atoms with Crippen LogP contribution in [-0.4, -0.2) is 31.7 Å². The van der Waals surface area contributed by atoms with Gasteiger partial charge < -0.3 is 9.88 Å². The molecule has 3 heterocycles. The number of H-pyrrole nitrogens is 1. The molecule has 7 heteroatoms. The highest BCUT2D eigenvalue weighted by atomic mass is 16.1. The van der Waals surface area contributed by atoms with Crippen molar-refractivity contribution in [1.82, 2.24) is 25.2 Å². The fourth-order valence-corrected chi connectivity index (χ4v) is 5.25. The quantitative estimate of drug-likeness (QED) is 0.385. The van der Waals surface area contributed by atoms with Crippen molar-refractivity contribution in [3.05, 3.63) is 117 Å². The van der Waals surface area contributed by atoms with Gasteiger partial charge in [0.2, 0.25) is 0 Å². The number of benzene rings is 3. The zero-order valence-electron chi connectivity index (χ0n) is 20.3. The van der Waals surface area contributed by atoms with Gasteiger partial charge in [-0.05, 0) is 76.0 Å². The van der Waals surface area contributed by atoms with Gasteiger partial charge in [0.15, 0.2) is 5.82 Å². The molecule has 2 aromatic heterocycles. The molecule has 1 N–H and O–H groups in total. The summed E-state index contributed by atoms with van der Waals surface area (Å²) in [7, 11) is 0. The van der Waals surface area contributed by atoms with Gasteiger partial charge in [0, 0.05) is 23.3 Å². The predicted molar refractivity (Wildman–Crippen MR) is 141 cm³/mol. The van der Waals surface area contributed by atoms with E-state index in [1.165, 1.54) is 11.1 Å². The molecule has 0 saturated heterocycles. The van der Waals surface area contributed by atoms with Gasteiger partial charge in [0.05, 0.1) is 6.54 Å². The second-order valence-electron chi connectivity index (χ2n) is 9.34. The van der Waals surface area contributed by atoms with Gasteiger partial charge >= 0.3 is 0 Å². The Hall–Kier alpha value is -4.26. The Morgan fingerprint density at radius 1 is 0.972 bits per heavy atom. The summed E-state index contributed by atoms with van der Waals surface area (Å²) < 4.78 is 1.82. The van der Waals surface area contributed by atoms with Gasteiger partial charge in [-0.2, -0.15) is 0 Å². The third-order valence-corrected chi connectivity index (χ3v) is 7.08. The SMILES string of the molecule is CCc1ccc2[nH]c(=O)c(C(c3nnnn3Cc3ccccc3)N3CCCc4ccccc43)cc2c1. The predicted octanol–water partition coefficient (Wildman–Crippen LogP) is 4.67. The van der Waals surface area contributed by atoms with E-state index in [9.17, 15) is 4.79 Å². The van der Waals surface area contributed by atoms with E-state index in [4.69, 9.17) is 0 Å². The van der Waals surface area contributed by atoms with Crippen molar-refractivity contribution in [3.63, 3.8) is 0 Å². The van der Waals surface area contributed by atoms with Crippen LogP contribution in [0.25, 0.3) is 10.9 Å². The fraction of sp³-hybridized carbons (Fsp3) is 0.241. The summed E-state index contributed by atoms with van der Waals surface area (Å²) >= 11 is 0. The van der Waals surface area contributed by atoms with Gasteiger partial charge in [0.25, 0.3) is 5.56 Å². The molecule has 36 heavy (non-hydrogen) atoms. The molecule has 1 aliphatic heterocycles. The topological polar surface area (TPSA) is 79.7 Å². The summed E-state index contributed by atoms with van der Waals surface area (Å²) in [4.78, 5) is 19.0. The van der Waals surface area contributed by atoms with E-state index in [0.29, 0.717) is 17.9 Å². The molecule has 3 aromatic carbocycles. The van der Waals surface area contributed by atoms with Crippen molar-refractivity contribution < 1.29 is 0 Å². The zero-order valence-corrected chi connectivity index (χ0v) is 20.3. The van der Waals surface area contributed by atoms with Crippen molar-refractivity contribution in [2.45, 2.75) is 38.8 Å². The summed E-state index contributed by atoms with van der Waals surface area (Å²) in [5.41, 5.74) is 6.11. The van der Waals surface area contributed by atoms with Crippen LogP contribution < -0.4 is 10.5 Å². The van der Waals surface area contributed by atoms with Gasteiger partial charge in [-0.25, -0.2) is 4.68 Å². The third kappa shape index (κ3) is 4.06. The first-order valence-electron chi connectivity index (χ1n) is 12.5. The smallest absolute Gasteiger partial charge is 0.254 e. The van der Waals surface area contributed by atoms with E-state index in [-0.39, 0.29) is 5.56 Å². The molecule has 0 bridgehead atoms. The van der Waals surface area contributed by atoms with Crippen molar-refractivity contribution in [2.24, 2.45) is 0 Å². The van der Waals surface area contributed by atoms with Crippen LogP contribution in [0.3, 0.4) is 0 Å². The minimum Gasteiger partial charge on any atom is -0.357 e. The maximum atomic E-state index is 13.6. The molecule has 0 amide bonds. The molecule has 7 nitrogen and oxygen atoms in total. The van der Waals surface area contributed by atoms with Crippen molar-refractivity contribution in [3.8, 4) is 0 Å². The van der Waals surface area contributed by atoms with Crippen molar-refractivity contribution in [2.75, 3.05) is 11.4 Å². The molecular formula is C29H28N6O. The van der Waals surface area contributed by atoms with Gasteiger partial charge in [-0.3, -0.25) is 4.79 Å². The number of para-hydroxylation sites is 1. The molecule has 1 atom stereocenters. The molecule has 0 radical (unpaired) electrons. The number of anilines is 1. The first-order valence-corrected chi connectivity index (χ1v) is 12.5. The molecule has 0 spiro atoms. The molecule has 180 valence electrons. The van der Waals surface area contributed by atoms with Crippen molar-refractivity contribution >= 4 is 16.6 Å². The first kappa shape index (κ1) is 22.2. The molecule has 5 aromatic rings. The van der Waals surface area contributed by atoms with Gasteiger partial charge in [0.1, 0.15) is 6.04 Å². The Labute approximate surface area is 209 Å². The maximum Gasteiger partial charge on any atom is 0.254 e. The number of pyridine rings is 1. The number of aromatic amines is 1. The van der Waals surface area contributed by atoms with Crippen LogP contribution in [0.15, 0.2) is 83.7 Å². The summed E-state index contributed by atoms with van der Waals surface area (Å²) in [6, 6.07) is 26.4. The van der Waals surface area contributed by atoms with E-state index in [1.54, 1.807) is 0 Å². The lowest BCUT2D eigenvalue weighted by molar-refractivity contribution is 0.555. The van der Waals surface area contributed by atoms with E-state index in [1.807, 2.05) is 35.0 Å². The summed E-state index contributed by atoms with van der Waals surface area (Å²) in [5, 5.41) is 13.9. The Morgan fingerprint density at radius 3 is 2.67 bits per heavy atom. The van der Waals surface area contributed by atoms with Crippen molar-refractivity contribution in [1.29, 1.82) is 0 Å². The highest BCUT2D eigenvalue weighted by Crippen LogP contribution is 2.36. The summed E-state index contributed by atoms with van der Waals surface area (Å²) in [5.74, 6) is 0.659. The number of hydrogen-bond acceptors (Lipinski definition) is 5. The fourth-order valence-electron chi connectivity index (χ4n) is 5.25. The van der Waals surface area contributed by atoms with Crippen LogP contribution in [0.1, 0.15) is 47.5 Å². The van der Waals surface area contributed by atoms with Crippen LogP contribution >= 0.6 is 0 Å². The molecule has 1 aliphatic rings. The van der Waals surface area contributed by atoms with E-state index in [0.717, 1.165) is 48.0 Å². The largest absolute Gasteiger partial charge is 0.357 e. The molecule has 1 unspecified atom stereocenters. The van der Waals surface area contributed by atoms with Crippen LogP contribution in [0.2, 0.25) is 0 Å².